The lowest BCUT2D eigenvalue weighted by Crippen LogP contribution is -2.27. The Morgan fingerprint density at radius 2 is 1.31 bits per heavy atom. The van der Waals surface area contributed by atoms with Gasteiger partial charge >= 0.3 is 0 Å². The van der Waals surface area contributed by atoms with Crippen LogP contribution in [0.1, 0.15) is 28.8 Å². The lowest BCUT2D eigenvalue weighted by atomic mass is 10.1. The summed E-state index contributed by atoms with van der Waals surface area (Å²) in [7, 11) is -3.68. The third kappa shape index (κ3) is 3.95. The predicted molar refractivity (Wildman–Crippen MR) is 94.0 cm³/mol. The molecule has 29 heavy (non-hydrogen) atoms. The van der Waals surface area contributed by atoms with Crippen LogP contribution in [0, 0.1) is 29.1 Å². The van der Waals surface area contributed by atoms with E-state index in [0.717, 1.165) is 12.8 Å². The van der Waals surface area contributed by atoms with Gasteiger partial charge in [0.15, 0.2) is 29.1 Å². The molecule has 0 radical (unpaired) electrons. The second-order valence-electron chi connectivity index (χ2n) is 6.32. The molecule has 10 heteroatoms. The molecule has 3 rings (SSSR count). The largest absolute Gasteiger partial charge is 0.289 e. The average Bonchev–Trinajstić information content (AvgIpc) is 3.26. The molecule has 2 aromatic rings. The molecular weight excluding hydrogens is 417 g/mol. The van der Waals surface area contributed by atoms with Crippen LogP contribution in [0.4, 0.5) is 22.0 Å². The Morgan fingerprint density at radius 3 is 1.83 bits per heavy atom. The number of carbonyl (C=O) groups excluding carboxylic acids is 1. The van der Waals surface area contributed by atoms with Crippen molar-refractivity contribution in [3.8, 4) is 0 Å². The Kier molecular flexibility index (Phi) is 5.85. The summed E-state index contributed by atoms with van der Waals surface area (Å²) in [5.41, 5.74) is -1.27. The predicted octanol–water partition coefficient (Wildman–Crippen LogP) is 4.06. The van der Waals surface area contributed by atoms with Crippen LogP contribution in [0.3, 0.4) is 0 Å². The molecule has 0 spiro atoms. The molecule has 0 saturated carbocycles. The van der Waals surface area contributed by atoms with Crippen molar-refractivity contribution in [2.24, 2.45) is 0 Å². The van der Waals surface area contributed by atoms with E-state index in [2.05, 4.69) is 0 Å². The van der Waals surface area contributed by atoms with Crippen LogP contribution in [-0.2, 0) is 10.0 Å². The van der Waals surface area contributed by atoms with Gasteiger partial charge in [-0.1, -0.05) is 0 Å². The molecule has 0 unspecified atom stereocenters. The third-order valence-electron chi connectivity index (χ3n) is 4.49. The van der Waals surface area contributed by atoms with Gasteiger partial charge in [-0.25, -0.2) is 30.4 Å². The number of sulfonamides is 1. The van der Waals surface area contributed by atoms with Crippen molar-refractivity contribution in [3.05, 3.63) is 70.6 Å². The zero-order valence-corrected chi connectivity index (χ0v) is 15.6. The van der Waals surface area contributed by atoms with E-state index in [1.165, 1.54) is 28.6 Å². The molecule has 1 aliphatic rings. The minimum atomic E-state index is -3.68. The van der Waals surface area contributed by atoms with Crippen molar-refractivity contribution in [3.63, 3.8) is 0 Å². The molecule has 0 amide bonds. The van der Waals surface area contributed by atoms with Crippen molar-refractivity contribution < 1.29 is 35.2 Å². The van der Waals surface area contributed by atoms with E-state index in [1.54, 1.807) is 0 Å². The first-order valence-corrected chi connectivity index (χ1v) is 9.92. The Balaban J connectivity index is 1.84. The van der Waals surface area contributed by atoms with E-state index in [4.69, 9.17) is 0 Å². The average molecular weight is 431 g/mol. The van der Waals surface area contributed by atoms with Crippen LogP contribution in [-0.4, -0.2) is 31.6 Å². The first kappa shape index (κ1) is 21.1. The van der Waals surface area contributed by atoms with Crippen molar-refractivity contribution in [2.45, 2.75) is 17.7 Å². The molecule has 1 aliphatic heterocycles. The topological polar surface area (TPSA) is 54.5 Å². The summed E-state index contributed by atoms with van der Waals surface area (Å²) in [5.74, 6) is -11.5. The van der Waals surface area contributed by atoms with Gasteiger partial charge in [0.25, 0.3) is 0 Å². The molecule has 0 aliphatic carbocycles. The summed E-state index contributed by atoms with van der Waals surface area (Å²) < 4.78 is 92.9. The lowest BCUT2D eigenvalue weighted by Gasteiger charge is -2.15. The summed E-state index contributed by atoms with van der Waals surface area (Å²) in [4.78, 5) is 12.1. The third-order valence-corrected chi connectivity index (χ3v) is 6.40. The molecule has 0 atom stereocenters. The summed E-state index contributed by atoms with van der Waals surface area (Å²) in [6, 6.07) is 4.84. The van der Waals surface area contributed by atoms with Gasteiger partial charge in [0.05, 0.1) is 10.5 Å². The molecule has 0 N–H and O–H groups in total. The van der Waals surface area contributed by atoms with Crippen LogP contribution in [0.5, 0.6) is 0 Å². The molecule has 2 aromatic carbocycles. The number of ketones is 1. The highest BCUT2D eigenvalue weighted by Crippen LogP contribution is 2.25. The molecule has 4 nitrogen and oxygen atoms in total. The molecule has 1 saturated heterocycles. The summed E-state index contributed by atoms with van der Waals surface area (Å²) in [5, 5.41) is 0. The van der Waals surface area contributed by atoms with E-state index in [0.29, 0.717) is 25.2 Å². The number of rotatable bonds is 5. The Labute approximate surface area is 163 Å². The highest BCUT2D eigenvalue weighted by molar-refractivity contribution is 7.89. The molecular formula is C19H14F5NO3S. The van der Waals surface area contributed by atoms with Gasteiger partial charge < -0.3 is 0 Å². The monoisotopic (exact) mass is 431 g/mol. The van der Waals surface area contributed by atoms with Gasteiger partial charge in [0.1, 0.15) is 0 Å². The van der Waals surface area contributed by atoms with Crippen LogP contribution < -0.4 is 0 Å². The zero-order valence-electron chi connectivity index (χ0n) is 14.8. The van der Waals surface area contributed by atoms with Crippen molar-refractivity contribution >= 4 is 21.9 Å². The highest BCUT2D eigenvalue weighted by atomic mass is 32.2. The molecule has 154 valence electrons. The van der Waals surface area contributed by atoms with Gasteiger partial charge in [-0.2, -0.15) is 4.31 Å². The molecule has 1 fully saturated rings. The Hall–Kier alpha value is -2.59. The standard InChI is InChI=1S/C19H14F5NO3S/c20-15-13(16(21)18(23)19(24)17(15)22)7-8-14(26)11-3-5-12(6-4-11)29(27,28)25-9-1-2-10-25/h3-8H,1-2,9-10H2. The van der Waals surface area contributed by atoms with Gasteiger partial charge in [0, 0.05) is 18.7 Å². The lowest BCUT2D eigenvalue weighted by molar-refractivity contribution is 0.104. The quantitative estimate of drug-likeness (QED) is 0.236. The zero-order chi connectivity index (χ0) is 21.3. The minimum Gasteiger partial charge on any atom is -0.289 e. The smallest absolute Gasteiger partial charge is 0.243 e. The number of nitrogens with zero attached hydrogens (tertiary/aromatic N) is 1. The van der Waals surface area contributed by atoms with Crippen molar-refractivity contribution in [1.29, 1.82) is 0 Å². The van der Waals surface area contributed by atoms with E-state index < -0.39 is 50.5 Å². The van der Waals surface area contributed by atoms with Crippen LogP contribution in [0.25, 0.3) is 6.08 Å². The van der Waals surface area contributed by atoms with Crippen molar-refractivity contribution in [2.75, 3.05) is 13.1 Å². The number of allylic oxidation sites excluding steroid dienone is 1. The maximum atomic E-state index is 13.6. The fourth-order valence-corrected chi connectivity index (χ4v) is 4.41. The molecule has 1 heterocycles. The van der Waals surface area contributed by atoms with Gasteiger partial charge in [-0.15, -0.1) is 0 Å². The first-order valence-electron chi connectivity index (χ1n) is 8.48. The van der Waals surface area contributed by atoms with E-state index in [-0.39, 0.29) is 10.5 Å². The van der Waals surface area contributed by atoms with Gasteiger partial charge in [-0.05, 0) is 49.3 Å². The van der Waals surface area contributed by atoms with Crippen molar-refractivity contribution in [1.82, 2.24) is 4.31 Å². The first-order chi connectivity index (χ1) is 13.6. The van der Waals surface area contributed by atoms with Gasteiger partial charge in [-0.3, -0.25) is 4.79 Å². The Bertz CT molecular complexity index is 1060. The number of benzene rings is 2. The summed E-state index contributed by atoms with van der Waals surface area (Å²) >= 11 is 0. The van der Waals surface area contributed by atoms with Gasteiger partial charge in [0.2, 0.25) is 15.8 Å². The van der Waals surface area contributed by atoms with E-state index >= 15 is 0 Å². The fourth-order valence-electron chi connectivity index (χ4n) is 2.89. The molecule has 0 bridgehead atoms. The maximum Gasteiger partial charge on any atom is 0.243 e. The van der Waals surface area contributed by atoms with Crippen LogP contribution in [0.2, 0.25) is 0 Å². The summed E-state index contributed by atoms with van der Waals surface area (Å²) in [6.07, 6.45) is 2.65. The second kappa shape index (κ2) is 8.03. The number of hydrogen-bond acceptors (Lipinski definition) is 3. The van der Waals surface area contributed by atoms with Crippen LogP contribution in [0.15, 0.2) is 35.2 Å². The highest BCUT2D eigenvalue weighted by Gasteiger charge is 2.27. The van der Waals surface area contributed by atoms with Crippen LogP contribution >= 0.6 is 0 Å². The number of halogens is 5. The maximum absolute atomic E-state index is 13.6. The fraction of sp³-hybridized carbons (Fsp3) is 0.211. The number of carbonyl (C=O) groups is 1. The SMILES string of the molecule is O=C(C=Cc1c(F)c(F)c(F)c(F)c1F)c1ccc(S(=O)(=O)N2CCCC2)cc1. The molecule has 0 aromatic heterocycles. The minimum absolute atomic E-state index is 0.0142. The van der Waals surface area contributed by atoms with E-state index in [1.807, 2.05) is 0 Å². The van der Waals surface area contributed by atoms with E-state index in [9.17, 15) is 35.2 Å². The summed E-state index contributed by atoms with van der Waals surface area (Å²) in [6.45, 7) is 0.821. The number of hydrogen-bond donors (Lipinski definition) is 0. The Morgan fingerprint density at radius 1 is 0.828 bits per heavy atom. The normalized spacial score (nSPS) is 15.3. The second-order valence-corrected chi connectivity index (χ2v) is 8.25.